The smallest absolute Gasteiger partial charge is 0.309 e. The van der Waals surface area contributed by atoms with Crippen molar-refractivity contribution in [1.29, 1.82) is 0 Å². The molecule has 0 N–H and O–H groups in total. The summed E-state index contributed by atoms with van der Waals surface area (Å²) in [6.45, 7) is 1.81. The molecular weight excluding hydrogens is 276 g/mol. The normalized spacial score (nSPS) is 13.2. The van der Waals surface area contributed by atoms with Crippen LogP contribution in [0.3, 0.4) is 0 Å². The Bertz CT molecular complexity index is 620. The minimum atomic E-state index is -0.375. The highest BCUT2D eigenvalue weighted by Gasteiger charge is 2.28. The van der Waals surface area contributed by atoms with Crippen LogP contribution in [-0.2, 0) is 9.53 Å². The Morgan fingerprint density at radius 3 is 2.05 bits per heavy atom. The van der Waals surface area contributed by atoms with Gasteiger partial charge in [-0.2, -0.15) is 0 Å². The van der Waals surface area contributed by atoms with E-state index in [1.807, 2.05) is 55.5 Å². The van der Waals surface area contributed by atoms with Crippen LogP contribution in [0.15, 0.2) is 60.7 Å². The number of Topliss-reactive ketones (excluding diaryl/α,β-unsaturated/α-hetero) is 1. The van der Waals surface area contributed by atoms with Gasteiger partial charge in [0.05, 0.1) is 13.0 Å². The second-order valence-electron chi connectivity index (χ2n) is 5.32. The van der Waals surface area contributed by atoms with Crippen LogP contribution in [0, 0.1) is 5.92 Å². The zero-order valence-corrected chi connectivity index (χ0v) is 12.9. The van der Waals surface area contributed by atoms with Crippen molar-refractivity contribution < 1.29 is 14.3 Å². The first-order valence-electron chi connectivity index (χ1n) is 7.34. The first kappa shape index (κ1) is 16.0. The summed E-state index contributed by atoms with van der Waals surface area (Å²) in [7, 11) is 1.37. The van der Waals surface area contributed by atoms with E-state index in [1.165, 1.54) is 7.11 Å². The number of rotatable bonds is 6. The number of ketones is 1. The second-order valence-corrected chi connectivity index (χ2v) is 5.32. The Labute approximate surface area is 130 Å². The molecule has 0 heterocycles. The minimum Gasteiger partial charge on any atom is -0.469 e. The van der Waals surface area contributed by atoms with E-state index in [4.69, 9.17) is 4.74 Å². The molecule has 2 aromatic rings. The Hall–Kier alpha value is -2.42. The van der Waals surface area contributed by atoms with Gasteiger partial charge in [-0.25, -0.2) is 0 Å². The first-order valence-corrected chi connectivity index (χ1v) is 7.34. The van der Waals surface area contributed by atoms with Crippen LogP contribution in [0.1, 0.15) is 35.2 Å². The summed E-state index contributed by atoms with van der Waals surface area (Å²) in [5, 5.41) is 0. The van der Waals surface area contributed by atoms with Crippen LogP contribution in [-0.4, -0.2) is 18.9 Å². The SMILES string of the molecule is COC(=O)C(C)C(CC(=O)c1ccccc1)c1ccccc1. The van der Waals surface area contributed by atoms with Crippen molar-refractivity contribution in [3.05, 3.63) is 71.8 Å². The second kappa shape index (κ2) is 7.55. The molecule has 3 nitrogen and oxygen atoms in total. The van der Waals surface area contributed by atoms with E-state index in [-0.39, 0.29) is 30.0 Å². The Morgan fingerprint density at radius 1 is 0.955 bits per heavy atom. The lowest BCUT2D eigenvalue weighted by Gasteiger charge is -2.22. The van der Waals surface area contributed by atoms with Gasteiger partial charge in [0, 0.05) is 17.9 Å². The zero-order chi connectivity index (χ0) is 15.9. The summed E-state index contributed by atoms with van der Waals surface area (Å²) >= 11 is 0. The third-order valence-corrected chi connectivity index (χ3v) is 3.91. The third kappa shape index (κ3) is 3.82. The fraction of sp³-hybridized carbons (Fsp3) is 0.263. The molecule has 0 bridgehead atoms. The minimum absolute atomic E-state index is 0.0326. The van der Waals surface area contributed by atoms with Gasteiger partial charge in [-0.05, 0) is 5.56 Å². The van der Waals surface area contributed by atoms with Crippen molar-refractivity contribution in [2.75, 3.05) is 7.11 Å². The zero-order valence-electron chi connectivity index (χ0n) is 12.9. The van der Waals surface area contributed by atoms with Gasteiger partial charge in [-0.3, -0.25) is 9.59 Å². The molecule has 3 heteroatoms. The van der Waals surface area contributed by atoms with Crippen molar-refractivity contribution in [3.8, 4) is 0 Å². The van der Waals surface area contributed by atoms with Gasteiger partial charge in [0.25, 0.3) is 0 Å². The Morgan fingerprint density at radius 2 is 1.50 bits per heavy atom. The van der Waals surface area contributed by atoms with E-state index in [2.05, 4.69) is 0 Å². The molecule has 0 aliphatic carbocycles. The topological polar surface area (TPSA) is 43.4 Å². The van der Waals surface area contributed by atoms with Gasteiger partial charge in [0.2, 0.25) is 0 Å². The van der Waals surface area contributed by atoms with Crippen molar-refractivity contribution >= 4 is 11.8 Å². The highest BCUT2D eigenvalue weighted by atomic mass is 16.5. The predicted molar refractivity (Wildman–Crippen MR) is 85.8 cm³/mol. The number of hydrogen-bond donors (Lipinski definition) is 0. The van der Waals surface area contributed by atoms with Gasteiger partial charge in [-0.15, -0.1) is 0 Å². The Kier molecular flexibility index (Phi) is 5.48. The number of methoxy groups -OCH3 is 1. The molecule has 0 aliphatic heterocycles. The molecule has 114 valence electrons. The molecule has 22 heavy (non-hydrogen) atoms. The molecule has 0 saturated heterocycles. The van der Waals surface area contributed by atoms with Crippen LogP contribution in [0.4, 0.5) is 0 Å². The van der Waals surface area contributed by atoms with E-state index < -0.39 is 0 Å². The quantitative estimate of drug-likeness (QED) is 0.600. The summed E-state index contributed by atoms with van der Waals surface area (Å²) in [4.78, 5) is 24.4. The van der Waals surface area contributed by atoms with E-state index in [1.54, 1.807) is 12.1 Å². The molecule has 0 radical (unpaired) electrons. The van der Waals surface area contributed by atoms with Crippen molar-refractivity contribution in [3.63, 3.8) is 0 Å². The molecule has 2 rings (SSSR count). The summed E-state index contributed by atoms with van der Waals surface area (Å²) < 4.78 is 4.85. The molecule has 0 aliphatic rings. The van der Waals surface area contributed by atoms with Crippen LogP contribution in [0.5, 0.6) is 0 Å². The fourth-order valence-electron chi connectivity index (χ4n) is 2.58. The van der Waals surface area contributed by atoms with Gasteiger partial charge >= 0.3 is 5.97 Å². The average Bonchev–Trinajstić information content (AvgIpc) is 2.59. The number of esters is 1. The maximum absolute atomic E-state index is 12.5. The number of ether oxygens (including phenoxy) is 1. The van der Waals surface area contributed by atoms with Crippen molar-refractivity contribution in [1.82, 2.24) is 0 Å². The van der Waals surface area contributed by atoms with Gasteiger partial charge < -0.3 is 4.74 Å². The summed E-state index contributed by atoms with van der Waals surface area (Å²) in [5.74, 6) is -0.832. The van der Waals surface area contributed by atoms with E-state index in [0.717, 1.165) is 5.56 Å². The maximum atomic E-state index is 12.5. The predicted octanol–water partition coefficient (Wildman–Crippen LogP) is 3.85. The lowest BCUT2D eigenvalue weighted by molar-refractivity contribution is -0.145. The third-order valence-electron chi connectivity index (χ3n) is 3.91. The molecule has 0 amide bonds. The fourth-order valence-corrected chi connectivity index (χ4v) is 2.58. The van der Waals surface area contributed by atoms with Crippen molar-refractivity contribution in [2.24, 2.45) is 5.92 Å². The number of carbonyl (C=O) groups is 2. The lowest BCUT2D eigenvalue weighted by Crippen LogP contribution is -2.23. The van der Waals surface area contributed by atoms with E-state index in [0.29, 0.717) is 5.56 Å². The van der Waals surface area contributed by atoms with E-state index >= 15 is 0 Å². The molecule has 0 fully saturated rings. The van der Waals surface area contributed by atoms with Crippen LogP contribution >= 0.6 is 0 Å². The van der Waals surface area contributed by atoms with E-state index in [9.17, 15) is 9.59 Å². The highest BCUT2D eigenvalue weighted by Crippen LogP contribution is 2.30. The summed E-state index contributed by atoms with van der Waals surface area (Å²) in [6.07, 6.45) is 0.282. The molecule has 0 aromatic heterocycles. The van der Waals surface area contributed by atoms with Gasteiger partial charge in [-0.1, -0.05) is 67.6 Å². The molecule has 2 aromatic carbocycles. The highest BCUT2D eigenvalue weighted by molar-refractivity contribution is 5.96. The Balaban J connectivity index is 2.25. The number of hydrogen-bond acceptors (Lipinski definition) is 3. The maximum Gasteiger partial charge on any atom is 0.309 e. The number of carbonyl (C=O) groups excluding carboxylic acids is 2. The van der Waals surface area contributed by atoms with Crippen LogP contribution in [0.2, 0.25) is 0 Å². The first-order chi connectivity index (χ1) is 10.6. The largest absolute Gasteiger partial charge is 0.469 e. The summed E-state index contributed by atoms with van der Waals surface area (Å²) in [5.41, 5.74) is 1.64. The average molecular weight is 296 g/mol. The molecule has 0 saturated carbocycles. The molecular formula is C19H20O3. The lowest BCUT2D eigenvalue weighted by atomic mass is 9.82. The molecule has 2 atom stereocenters. The molecule has 2 unspecified atom stereocenters. The van der Waals surface area contributed by atoms with Gasteiger partial charge in [0.15, 0.2) is 5.78 Å². The van der Waals surface area contributed by atoms with Crippen LogP contribution in [0.25, 0.3) is 0 Å². The standard InChI is InChI=1S/C19H20O3/c1-14(19(21)22-2)17(15-9-5-3-6-10-15)13-18(20)16-11-7-4-8-12-16/h3-12,14,17H,13H2,1-2H3. The van der Waals surface area contributed by atoms with Crippen LogP contribution < -0.4 is 0 Å². The summed E-state index contributed by atoms with van der Waals surface area (Å²) in [6, 6.07) is 18.8. The molecule has 0 spiro atoms. The van der Waals surface area contributed by atoms with Gasteiger partial charge in [0.1, 0.15) is 0 Å². The number of benzene rings is 2. The van der Waals surface area contributed by atoms with Crippen molar-refractivity contribution in [2.45, 2.75) is 19.3 Å². The monoisotopic (exact) mass is 296 g/mol.